The van der Waals surface area contributed by atoms with Gasteiger partial charge in [-0.15, -0.1) is 30.1 Å². The van der Waals surface area contributed by atoms with Crippen molar-refractivity contribution in [2.45, 2.75) is 120 Å². The molecule has 2 aliphatic heterocycles. The molecule has 2 aliphatic rings. The SMILES string of the molecule is C=CC(C)(C)C1(O)CC2(C[C@@H](C[C@@H](O[Si](C)(C)C(C)(C)C)[C@@H](C)OCc3ccccc3)O1)SCCCS2. The Balaban J connectivity index is 1.87. The second-order valence-corrected chi connectivity index (χ2v) is 20.9. The van der Waals surface area contributed by atoms with Crippen molar-refractivity contribution >= 4 is 31.8 Å². The smallest absolute Gasteiger partial charge is 0.192 e. The molecule has 2 heterocycles. The molecule has 4 atom stereocenters. The van der Waals surface area contributed by atoms with Crippen LogP contribution in [0, 0.1) is 5.41 Å². The van der Waals surface area contributed by atoms with Crippen LogP contribution in [0.15, 0.2) is 43.0 Å². The second kappa shape index (κ2) is 12.1. The number of rotatable bonds is 10. The van der Waals surface area contributed by atoms with Gasteiger partial charge < -0.3 is 19.0 Å². The number of benzene rings is 1. The van der Waals surface area contributed by atoms with Gasteiger partial charge >= 0.3 is 0 Å². The number of hydrogen-bond donors (Lipinski definition) is 1. The fraction of sp³-hybridized carbons (Fsp3) is 0.733. The zero-order chi connectivity index (χ0) is 27.5. The maximum absolute atomic E-state index is 12.0. The summed E-state index contributed by atoms with van der Waals surface area (Å²) in [6, 6.07) is 10.3. The normalized spacial score (nSPS) is 26.6. The summed E-state index contributed by atoms with van der Waals surface area (Å²) in [5.74, 6) is 0.986. The van der Waals surface area contributed by atoms with Crippen LogP contribution in [-0.4, -0.2) is 53.1 Å². The molecule has 0 aromatic heterocycles. The minimum atomic E-state index is -2.08. The molecule has 37 heavy (non-hydrogen) atoms. The van der Waals surface area contributed by atoms with Crippen molar-refractivity contribution in [2.75, 3.05) is 11.5 Å². The second-order valence-electron chi connectivity index (χ2n) is 12.9. The van der Waals surface area contributed by atoms with Gasteiger partial charge in [0.05, 0.1) is 29.0 Å². The summed E-state index contributed by atoms with van der Waals surface area (Å²) in [5.41, 5.74) is 0.591. The van der Waals surface area contributed by atoms with Crippen LogP contribution in [0.1, 0.15) is 72.8 Å². The van der Waals surface area contributed by atoms with E-state index in [0.717, 1.165) is 23.5 Å². The summed E-state index contributed by atoms with van der Waals surface area (Å²) < 4.78 is 20.0. The average Bonchev–Trinajstić information content (AvgIpc) is 2.81. The van der Waals surface area contributed by atoms with Gasteiger partial charge in [0.2, 0.25) is 0 Å². The van der Waals surface area contributed by atoms with Crippen LogP contribution in [0.5, 0.6) is 0 Å². The molecule has 0 aliphatic carbocycles. The van der Waals surface area contributed by atoms with Crippen LogP contribution in [0.3, 0.4) is 0 Å². The van der Waals surface area contributed by atoms with Crippen LogP contribution >= 0.6 is 23.5 Å². The molecule has 210 valence electrons. The minimum Gasteiger partial charge on any atom is -0.411 e. The van der Waals surface area contributed by atoms with Crippen molar-refractivity contribution in [1.82, 2.24) is 0 Å². The van der Waals surface area contributed by atoms with Crippen LogP contribution in [-0.2, 0) is 20.5 Å². The zero-order valence-electron chi connectivity index (χ0n) is 24.3. The molecule has 1 N–H and O–H groups in total. The van der Waals surface area contributed by atoms with E-state index in [9.17, 15) is 5.11 Å². The summed E-state index contributed by atoms with van der Waals surface area (Å²) in [6.45, 7) is 22.2. The van der Waals surface area contributed by atoms with Gasteiger partial charge in [0.25, 0.3) is 0 Å². The number of aliphatic hydroxyl groups is 1. The van der Waals surface area contributed by atoms with Crippen LogP contribution in [0.4, 0.5) is 0 Å². The third kappa shape index (κ3) is 7.68. The molecule has 1 aromatic rings. The Bertz CT molecular complexity index is 879. The molecule has 0 radical (unpaired) electrons. The van der Waals surface area contributed by atoms with Crippen molar-refractivity contribution in [3.63, 3.8) is 0 Å². The Morgan fingerprint density at radius 3 is 2.35 bits per heavy atom. The Morgan fingerprint density at radius 2 is 1.78 bits per heavy atom. The molecule has 1 spiro atoms. The summed E-state index contributed by atoms with van der Waals surface area (Å²) in [5, 5.41) is 12.1. The van der Waals surface area contributed by atoms with Gasteiger partial charge in [-0.25, -0.2) is 0 Å². The van der Waals surface area contributed by atoms with Gasteiger partial charge in [-0.3, -0.25) is 0 Å². The fourth-order valence-electron chi connectivity index (χ4n) is 4.71. The van der Waals surface area contributed by atoms with Gasteiger partial charge in [0.1, 0.15) is 0 Å². The Labute approximate surface area is 235 Å². The molecule has 0 bridgehead atoms. The number of ether oxygens (including phenoxy) is 2. The predicted molar refractivity (Wildman–Crippen MR) is 163 cm³/mol. The summed E-state index contributed by atoms with van der Waals surface area (Å²) >= 11 is 4.01. The molecule has 2 saturated heterocycles. The molecule has 3 rings (SSSR count). The summed E-state index contributed by atoms with van der Waals surface area (Å²) in [7, 11) is -2.08. The maximum atomic E-state index is 12.0. The maximum Gasteiger partial charge on any atom is 0.192 e. The predicted octanol–water partition coefficient (Wildman–Crippen LogP) is 8.02. The van der Waals surface area contributed by atoms with Crippen molar-refractivity contribution in [3.05, 3.63) is 48.6 Å². The highest BCUT2D eigenvalue weighted by atomic mass is 32.2. The lowest BCUT2D eigenvalue weighted by molar-refractivity contribution is -0.299. The quantitative estimate of drug-likeness (QED) is 0.229. The molecule has 2 fully saturated rings. The molecule has 1 aromatic carbocycles. The van der Waals surface area contributed by atoms with Gasteiger partial charge in [-0.1, -0.05) is 71.0 Å². The highest BCUT2D eigenvalue weighted by Crippen LogP contribution is 2.57. The molecule has 1 unspecified atom stereocenters. The van der Waals surface area contributed by atoms with Gasteiger partial charge in [-0.2, -0.15) is 0 Å². The monoisotopic (exact) mass is 566 g/mol. The first kappa shape index (κ1) is 31.2. The van der Waals surface area contributed by atoms with Gasteiger partial charge in [0.15, 0.2) is 14.1 Å². The lowest BCUT2D eigenvalue weighted by Crippen LogP contribution is -2.58. The van der Waals surface area contributed by atoms with Crippen molar-refractivity contribution in [1.29, 1.82) is 0 Å². The minimum absolute atomic E-state index is 0.0497. The fourth-order valence-corrected chi connectivity index (χ4v) is 9.65. The first-order chi connectivity index (χ1) is 17.1. The summed E-state index contributed by atoms with van der Waals surface area (Å²) in [6.07, 6.45) is 4.90. The van der Waals surface area contributed by atoms with Crippen molar-refractivity contribution < 1.29 is 19.0 Å². The van der Waals surface area contributed by atoms with Crippen molar-refractivity contribution in [2.24, 2.45) is 5.41 Å². The first-order valence-electron chi connectivity index (χ1n) is 13.8. The van der Waals surface area contributed by atoms with Crippen LogP contribution in [0.2, 0.25) is 18.1 Å². The molecule has 7 heteroatoms. The highest BCUT2D eigenvalue weighted by molar-refractivity contribution is 8.18. The van der Waals surface area contributed by atoms with Crippen LogP contribution < -0.4 is 0 Å². The van der Waals surface area contributed by atoms with E-state index in [-0.39, 0.29) is 27.4 Å². The summed E-state index contributed by atoms with van der Waals surface area (Å²) in [4.78, 5) is 0. The molecular formula is C30H50O4S2Si. The standard InChI is InChI=1S/C30H50O4S2Si/c1-10-28(6,7)30(31)22-29(35-17-14-18-36-29)20-25(33-30)19-26(34-37(8,9)27(3,4)5)23(2)32-21-24-15-12-11-13-16-24/h10-13,15-16,23,25-26,31H,1,14,17-22H2,2-9H3/t23-,25-,26-,30?/m1/s1. The lowest BCUT2D eigenvalue weighted by atomic mass is 9.78. The third-order valence-electron chi connectivity index (χ3n) is 8.57. The number of thioether (sulfide) groups is 2. The van der Waals surface area contributed by atoms with E-state index in [0.29, 0.717) is 19.4 Å². The Morgan fingerprint density at radius 1 is 1.16 bits per heavy atom. The Kier molecular flexibility index (Phi) is 10.2. The molecular weight excluding hydrogens is 517 g/mol. The largest absolute Gasteiger partial charge is 0.411 e. The molecule has 4 nitrogen and oxygen atoms in total. The highest BCUT2D eigenvalue weighted by Gasteiger charge is 2.56. The first-order valence-corrected chi connectivity index (χ1v) is 18.6. The Hall–Kier alpha value is -0.283. The van der Waals surface area contributed by atoms with E-state index in [1.807, 2.05) is 61.6 Å². The molecule has 0 amide bonds. The van der Waals surface area contributed by atoms with Gasteiger partial charge in [-0.05, 0) is 55.0 Å². The van der Waals surface area contributed by atoms with Gasteiger partial charge in [0, 0.05) is 18.3 Å². The average molecular weight is 567 g/mol. The van der Waals surface area contributed by atoms with E-state index < -0.39 is 19.5 Å². The lowest BCUT2D eigenvalue weighted by Gasteiger charge is -2.54. The van der Waals surface area contributed by atoms with E-state index >= 15 is 0 Å². The molecule has 0 saturated carbocycles. The van der Waals surface area contributed by atoms with Crippen molar-refractivity contribution in [3.8, 4) is 0 Å². The topological polar surface area (TPSA) is 47.9 Å². The van der Waals surface area contributed by atoms with E-state index in [1.54, 1.807) is 0 Å². The number of hydrogen-bond acceptors (Lipinski definition) is 6. The van der Waals surface area contributed by atoms with E-state index in [1.165, 1.54) is 6.42 Å². The van der Waals surface area contributed by atoms with Crippen LogP contribution in [0.25, 0.3) is 0 Å². The third-order valence-corrected chi connectivity index (χ3v) is 16.4. The van der Waals surface area contributed by atoms with E-state index in [4.69, 9.17) is 13.9 Å². The zero-order valence-corrected chi connectivity index (χ0v) is 27.0. The van der Waals surface area contributed by atoms with E-state index in [2.05, 4.69) is 59.5 Å².